The minimum Gasteiger partial charge on any atom is -0.487 e. The Morgan fingerprint density at radius 3 is 1.88 bits per heavy atom. The third-order valence-electron chi connectivity index (χ3n) is 8.31. The lowest BCUT2D eigenvalue weighted by molar-refractivity contribution is -0.346. The van der Waals surface area contributed by atoms with Gasteiger partial charge in [-0.15, -0.1) is 0 Å². The average Bonchev–Trinajstić information content (AvgIpc) is 3.69. The van der Waals surface area contributed by atoms with Crippen molar-refractivity contribution in [3.05, 3.63) is 36.6 Å². The molecule has 3 heterocycles. The van der Waals surface area contributed by atoms with Crippen molar-refractivity contribution in [1.82, 2.24) is 0 Å². The molecule has 11 atom stereocenters. The number of hydrogen-bond donors (Lipinski definition) is 0. The molecule has 0 bridgehead atoms. The van der Waals surface area contributed by atoms with E-state index in [1.54, 1.807) is 30.3 Å². The number of carbonyl (C=O) groups excluding carboxylic acids is 6. The highest BCUT2D eigenvalue weighted by Crippen LogP contribution is 2.61. The number of hydrogen-bond acceptors (Lipinski definition) is 17. The van der Waals surface area contributed by atoms with Gasteiger partial charge in [0.05, 0.1) is 12.2 Å². The number of carbonyl (C=O) groups is 6. The maximum absolute atomic E-state index is 12.3. The van der Waals surface area contributed by atoms with Crippen LogP contribution in [0.4, 0.5) is 0 Å². The van der Waals surface area contributed by atoms with Gasteiger partial charge in [-0.05, 0) is 30.3 Å². The van der Waals surface area contributed by atoms with Gasteiger partial charge in [0.25, 0.3) is 0 Å². The Hall–Kier alpha value is -4.74. The van der Waals surface area contributed by atoms with Gasteiger partial charge in [0.2, 0.25) is 12.6 Å². The van der Waals surface area contributed by atoms with Gasteiger partial charge >= 0.3 is 35.8 Å². The summed E-state index contributed by atoms with van der Waals surface area (Å²) in [6, 6.07) is 6.38. The molecule has 50 heavy (non-hydrogen) atoms. The third-order valence-corrected chi connectivity index (χ3v) is 8.31. The minimum absolute atomic E-state index is 0.185. The van der Waals surface area contributed by atoms with Gasteiger partial charge in [0.15, 0.2) is 18.3 Å². The monoisotopic (exact) mass is 706 g/mol. The fourth-order valence-electron chi connectivity index (χ4n) is 6.51. The summed E-state index contributed by atoms with van der Waals surface area (Å²) in [6.07, 6.45) is -6.50. The zero-order valence-electron chi connectivity index (χ0n) is 28.1. The van der Waals surface area contributed by atoms with Crippen molar-refractivity contribution in [2.24, 2.45) is 11.8 Å². The van der Waals surface area contributed by atoms with Crippen molar-refractivity contribution < 1.29 is 80.9 Å². The summed E-state index contributed by atoms with van der Waals surface area (Å²) in [7, 11) is 0. The van der Waals surface area contributed by atoms with Crippen LogP contribution in [0.1, 0.15) is 41.5 Å². The van der Waals surface area contributed by atoms with Crippen molar-refractivity contribution in [1.29, 1.82) is 0 Å². The molecule has 3 aliphatic heterocycles. The lowest BCUT2D eigenvalue weighted by Crippen LogP contribution is -2.64. The fraction of sp³-hybridized carbons (Fsp3) is 0.576. The van der Waals surface area contributed by atoms with Crippen LogP contribution in [0.3, 0.4) is 0 Å². The molecule has 0 amide bonds. The first-order valence-electron chi connectivity index (χ1n) is 15.7. The molecule has 1 aromatic rings. The van der Waals surface area contributed by atoms with Crippen LogP contribution in [0.15, 0.2) is 36.6 Å². The van der Waals surface area contributed by atoms with Crippen molar-refractivity contribution in [2.75, 3.05) is 13.2 Å². The average molecular weight is 707 g/mol. The molecule has 272 valence electrons. The first-order valence-corrected chi connectivity index (χ1v) is 15.7. The third kappa shape index (κ3) is 8.17. The second-order valence-electron chi connectivity index (χ2n) is 12.1. The molecule has 2 saturated heterocycles. The molecule has 0 unspecified atom stereocenters. The van der Waals surface area contributed by atoms with Crippen LogP contribution in [0.25, 0.3) is 0 Å². The van der Waals surface area contributed by atoms with Gasteiger partial charge in [0, 0.05) is 47.5 Å². The summed E-state index contributed by atoms with van der Waals surface area (Å²) in [5, 5.41) is 0. The molecule has 1 saturated carbocycles. The molecule has 1 aromatic carbocycles. The van der Waals surface area contributed by atoms with Crippen molar-refractivity contribution in [3.8, 4) is 11.5 Å². The number of ether oxygens (including phenoxy) is 11. The summed E-state index contributed by atoms with van der Waals surface area (Å²) in [5.41, 5.74) is -1.15. The Labute approximate surface area is 286 Å². The zero-order valence-corrected chi connectivity index (χ0v) is 28.1. The molecule has 3 fully saturated rings. The van der Waals surface area contributed by atoms with Crippen LogP contribution in [0.5, 0.6) is 11.5 Å². The van der Waals surface area contributed by atoms with Crippen molar-refractivity contribution in [3.63, 3.8) is 0 Å². The van der Waals surface area contributed by atoms with Crippen LogP contribution in [0, 0.1) is 11.8 Å². The predicted octanol–water partition coefficient (Wildman–Crippen LogP) is 1.28. The molecular formula is C33H38O17. The molecule has 17 nitrogen and oxygen atoms in total. The van der Waals surface area contributed by atoms with Crippen molar-refractivity contribution >= 4 is 35.8 Å². The Balaban J connectivity index is 1.46. The molecule has 17 heteroatoms. The number of benzene rings is 1. The van der Waals surface area contributed by atoms with E-state index >= 15 is 0 Å². The van der Waals surface area contributed by atoms with Gasteiger partial charge in [-0.2, -0.15) is 0 Å². The smallest absolute Gasteiger partial charge is 0.308 e. The normalized spacial score (nSPS) is 33.3. The Morgan fingerprint density at radius 2 is 1.28 bits per heavy atom. The van der Waals surface area contributed by atoms with E-state index in [4.69, 9.17) is 52.1 Å². The highest BCUT2D eigenvalue weighted by atomic mass is 16.8. The summed E-state index contributed by atoms with van der Waals surface area (Å²) in [4.78, 5) is 71.7. The van der Waals surface area contributed by atoms with E-state index in [1.807, 2.05) is 0 Å². The van der Waals surface area contributed by atoms with Gasteiger partial charge in [0.1, 0.15) is 48.6 Å². The second-order valence-corrected chi connectivity index (χ2v) is 12.1. The van der Waals surface area contributed by atoms with Crippen LogP contribution >= 0.6 is 0 Å². The standard InChI is InChI=1S/C33H38O17/c1-15(34)41-13-24-27(44-18(4)37)28(45-19(5)38)29(46-20(6)39)32(48-24)49-31-25-23(11-12-40-31)26(30-33(25,50-30)14-42-16(2)35)47-22-9-7-21(8-10-22)43-17(3)36/h7-12,23-32H,13-14H2,1-6H3/t23-,24+,25-,26+,27+,28-,29+,30+,31+,32-,33-/m1/s1. The van der Waals surface area contributed by atoms with Crippen LogP contribution in [0.2, 0.25) is 0 Å². The lowest BCUT2D eigenvalue weighted by atomic mass is 9.85. The van der Waals surface area contributed by atoms with Gasteiger partial charge in [-0.25, -0.2) is 0 Å². The fourth-order valence-corrected chi connectivity index (χ4v) is 6.51. The molecule has 0 radical (unpaired) electrons. The molecule has 0 N–H and O–H groups in total. The summed E-state index contributed by atoms with van der Waals surface area (Å²) >= 11 is 0. The van der Waals surface area contributed by atoms with E-state index in [9.17, 15) is 28.8 Å². The maximum Gasteiger partial charge on any atom is 0.308 e. The number of epoxide rings is 1. The van der Waals surface area contributed by atoms with Crippen LogP contribution in [-0.4, -0.2) is 104 Å². The Morgan fingerprint density at radius 1 is 0.680 bits per heavy atom. The van der Waals surface area contributed by atoms with E-state index in [-0.39, 0.29) is 6.61 Å². The van der Waals surface area contributed by atoms with E-state index in [0.717, 1.165) is 27.7 Å². The van der Waals surface area contributed by atoms with Crippen LogP contribution in [-0.2, 0) is 71.4 Å². The van der Waals surface area contributed by atoms with E-state index in [1.165, 1.54) is 20.1 Å². The maximum atomic E-state index is 12.3. The summed E-state index contributed by atoms with van der Waals surface area (Å²) < 4.78 is 63.1. The van der Waals surface area contributed by atoms with E-state index in [2.05, 4.69) is 0 Å². The number of esters is 6. The molecular weight excluding hydrogens is 668 g/mol. The van der Waals surface area contributed by atoms with E-state index < -0.39 is 109 Å². The van der Waals surface area contributed by atoms with Gasteiger partial charge in [-0.1, -0.05) is 0 Å². The highest BCUT2D eigenvalue weighted by molar-refractivity contribution is 5.70. The number of rotatable bonds is 12. The predicted molar refractivity (Wildman–Crippen MR) is 160 cm³/mol. The zero-order chi connectivity index (χ0) is 36.3. The van der Waals surface area contributed by atoms with Gasteiger partial charge < -0.3 is 52.1 Å². The minimum atomic E-state index is -1.55. The van der Waals surface area contributed by atoms with E-state index in [0.29, 0.717) is 11.5 Å². The lowest BCUT2D eigenvalue weighted by Gasteiger charge is -2.46. The molecule has 1 aliphatic carbocycles. The number of fused-ring (bicyclic) bond motifs is 3. The Bertz CT molecular complexity index is 1510. The van der Waals surface area contributed by atoms with Crippen LogP contribution < -0.4 is 9.47 Å². The first kappa shape index (κ1) is 36.5. The SMILES string of the molecule is CC(=O)OC[C@@H]1O[C@H](O[C@@H]2OC=C[C@H]3[C@H](Oc4ccc(OC(C)=O)cc4)[C@@H]4O[C@]4(COC(C)=O)[C@@H]23)[C@@H](OC(C)=O)[C@H](OC(C)=O)[C@H]1OC(C)=O. The second kappa shape index (κ2) is 15.0. The van der Waals surface area contributed by atoms with Crippen molar-refractivity contribution in [2.45, 2.75) is 96.3 Å². The summed E-state index contributed by atoms with van der Waals surface area (Å²) in [6.45, 7) is 6.38. The molecule has 0 spiro atoms. The largest absolute Gasteiger partial charge is 0.487 e. The summed E-state index contributed by atoms with van der Waals surface area (Å²) in [5.74, 6) is -4.52. The Kier molecular flexibility index (Phi) is 11.0. The van der Waals surface area contributed by atoms with Gasteiger partial charge in [-0.3, -0.25) is 28.8 Å². The highest BCUT2D eigenvalue weighted by Gasteiger charge is 2.78. The molecule has 4 aliphatic rings. The molecule has 5 rings (SSSR count). The topological polar surface area (TPSA) is 207 Å². The quantitative estimate of drug-likeness (QED) is 0.130. The molecule has 0 aromatic heterocycles. The first-order chi connectivity index (χ1) is 23.7.